The summed E-state index contributed by atoms with van der Waals surface area (Å²) < 4.78 is 0. The number of carbonyl (C=O) groups is 1. The molecule has 0 radical (unpaired) electrons. The molecule has 0 saturated carbocycles. The molecule has 2 aromatic carbocycles. The number of rotatable bonds is 5. The number of hydrazine groups is 1. The predicted octanol–water partition coefficient (Wildman–Crippen LogP) is 4.69. The average molecular weight is 412 g/mol. The summed E-state index contributed by atoms with van der Waals surface area (Å²) in [6.45, 7) is 6.32. The smallest absolute Gasteiger partial charge is 0.262 e. The van der Waals surface area contributed by atoms with E-state index in [-0.39, 0.29) is 5.91 Å². The first-order valence-electron chi connectivity index (χ1n) is 10.8. The number of piperazine rings is 1. The van der Waals surface area contributed by atoms with Gasteiger partial charge in [-0.3, -0.25) is 14.7 Å². The molecule has 2 saturated heterocycles. The number of piperidine rings is 1. The molecule has 1 unspecified atom stereocenters. The summed E-state index contributed by atoms with van der Waals surface area (Å²) in [7, 11) is 0. The van der Waals surface area contributed by atoms with Gasteiger partial charge in [-0.05, 0) is 36.5 Å². The fourth-order valence-corrected chi connectivity index (χ4v) is 5.09. The molecule has 4 rings (SSSR count). The van der Waals surface area contributed by atoms with Crippen molar-refractivity contribution in [2.45, 2.75) is 44.7 Å². The van der Waals surface area contributed by atoms with E-state index >= 15 is 0 Å². The molecule has 2 aromatic rings. The van der Waals surface area contributed by atoms with E-state index in [1.54, 1.807) is 0 Å². The van der Waals surface area contributed by atoms with Crippen LogP contribution < -0.4 is 0 Å². The molecule has 2 aliphatic heterocycles. The van der Waals surface area contributed by atoms with E-state index in [0.29, 0.717) is 6.54 Å². The number of hydrogen-bond donors (Lipinski definition) is 0. The van der Waals surface area contributed by atoms with Gasteiger partial charge in [-0.15, -0.1) is 0 Å². The number of benzene rings is 2. The Morgan fingerprint density at radius 1 is 0.897 bits per heavy atom. The molecule has 0 spiro atoms. The van der Waals surface area contributed by atoms with E-state index in [1.807, 2.05) is 41.4 Å². The minimum atomic E-state index is -0.671. The molecular formula is C24H30ClN3O. The largest absolute Gasteiger partial charge is 0.280 e. The third-order valence-corrected chi connectivity index (χ3v) is 6.83. The third-order valence-electron chi connectivity index (χ3n) is 6.47. The van der Waals surface area contributed by atoms with E-state index < -0.39 is 5.54 Å². The number of halogens is 1. The van der Waals surface area contributed by atoms with E-state index in [2.05, 4.69) is 35.0 Å². The third kappa shape index (κ3) is 3.81. The molecule has 0 aromatic heterocycles. The second kappa shape index (κ2) is 8.86. The van der Waals surface area contributed by atoms with Crippen LogP contribution in [0, 0.1) is 0 Å². The second-order valence-electron chi connectivity index (χ2n) is 8.04. The van der Waals surface area contributed by atoms with Gasteiger partial charge in [-0.1, -0.05) is 73.5 Å². The Balaban J connectivity index is 1.73. The molecule has 0 bridgehead atoms. The first-order chi connectivity index (χ1) is 14.2. The molecular weight excluding hydrogens is 382 g/mol. The van der Waals surface area contributed by atoms with Crippen molar-refractivity contribution in [3.8, 4) is 0 Å². The Morgan fingerprint density at radius 2 is 1.59 bits per heavy atom. The molecule has 1 atom stereocenters. The van der Waals surface area contributed by atoms with Gasteiger partial charge < -0.3 is 0 Å². The fraction of sp³-hybridized carbons (Fsp3) is 0.458. The topological polar surface area (TPSA) is 26.8 Å². The fourth-order valence-electron chi connectivity index (χ4n) is 4.89. The van der Waals surface area contributed by atoms with Crippen LogP contribution >= 0.6 is 11.6 Å². The van der Waals surface area contributed by atoms with Crippen LogP contribution in [-0.4, -0.2) is 47.0 Å². The summed E-state index contributed by atoms with van der Waals surface area (Å²) in [6.07, 6.45) is 4.31. The van der Waals surface area contributed by atoms with Crippen molar-refractivity contribution in [3.63, 3.8) is 0 Å². The first kappa shape index (κ1) is 20.4. The first-order valence-corrected chi connectivity index (χ1v) is 11.2. The van der Waals surface area contributed by atoms with Crippen molar-refractivity contribution in [1.82, 2.24) is 14.9 Å². The SMILES string of the molecule is CCC1(c2ccccc2)C(=O)N(N2CCCCC2)CCN1Cc1ccccc1Cl. The van der Waals surface area contributed by atoms with Crippen molar-refractivity contribution in [1.29, 1.82) is 0 Å². The van der Waals surface area contributed by atoms with Crippen LogP contribution in [0.2, 0.25) is 5.02 Å². The van der Waals surface area contributed by atoms with Gasteiger partial charge >= 0.3 is 0 Å². The monoisotopic (exact) mass is 411 g/mol. The van der Waals surface area contributed by atoms with Crippen LogP contribution in [0.1, 0.15) is 43.7 Å². The Morgan fingerprint density at radius 3 is 2.28 bits per heavy atom. The maximum absolute atomic E-state index is 14.1. The maximum Gasteiger partial charge on any atom is 0.262 e. The molecule has 0 N–H and O–H groups in total. The lowest BCUT2D eigenvalue weighted by Gasteiger charge is -2.52. The van der Waals surface area contributed by atoms with Crippen molar-refractivity contribution in [2.24, 2.45) is 0 Å². The van der Waals surface area contributed by atoms with Crippen LogP contribution in [0.4, 0.5) is 0 Å². The van der Waals surface area contributed by atoms with Gasteiger partial charge in [0.05, 0.1) is 6.54 Å². The van der Waals surface area contributed by atoms with Gasteiger partial charge in [-0.25, -0.2) is 5.01 Å². The predicted molar refractivity (Wildman–Crippen MR) is 117 cm³/mol. The van der Waals surface area contributed by atoms with Crippen molar-refractivity contribution >= 4 is 17.5 Å². The number of amides is 1. The average Bonchev–Trinajstić information content (AvgIpc) is 2.77. The lowest BCUT2D eigenvalue weighted by molar-refractivity contribution is -0.178. The summed E-state index contributed by atoms with van der Waals surface area (Å²) in [5, 5.41) is 5.08. The summed E-state index contributed by atoms with van der Waals surface area (Å²) in [5.74, 6) is 0.200. The highest BCUT2D eigenvalue weighted by atomic mass is 35.5. The molecule has 154 valence electrons. The standard InChI is InChI=1S/C24H30ClN3O/c1-2-24(21-12-5-3-6-13-21)23(29)28(27-15-9-4-10-16-27)18-17-26(24)19-20-11-7-8-14-22(20)25/h3,5-8,11-14H,2,4,9-10,15-19H2,1H3. The van der Waals surface area contributed by atoms with Crippen LogP contribution in [0.15, 0.2) is 54.6 Å². The Kier molecular flexibility index (Phi) is 6.23. The number of carbonyl (C=O) groups excluding carboxylic acids is 1. The van der Waals surface area contributed by atoms with Crippen LogP contribution in [0.3, 0.4) is 0 Å². The number of nitrogens with zero attached hydrogens (tertiary/aromatic N) is 3. The van der Waals surface area contributed by atoms with E-state index in [4.69, 9.17) is 11.6 Å². The lowest BCUT2D eigenvalue weighted by Crippen LogP contribution is -2.67. The second-order valence-corrected chi connectivity index (χ2v) is 8.44. The Hall–Kier alpha value is -1.88. The van der Waals surface area contributed by atoms with Gasteiger partial charge in [0.15, 0.2) is 0 Å². The van der Waals surface area contributed by atoms with Crippen LogP contribution in [0.5, 0.6) is 0 Å². The van der Waals surface area contributed by atoms with Crippen molar-refractivity contribution < 1.29 is 4.79 Å². The minimum absolute atomic E-state index is 0.200. The van der Waals surface area contributed by atoms with E-state index in [1.165, 1.54) is 6.42 Å². The van der Waals surface area contributed by atoms with Crippen molar-refractivity contribution in [2.75, 3.05) is 26.2 Å². The van der Waals surface area contributed by atoms with Crippen LogP contribution in [0.25, 0.3) is 0 Å². The maximum atomic E-state index is 14.1. The normalized spacial score (nSPS) is 24.1. The van der Waals surface area contributed by atoms with E-state index in [0.717, 1.165) is 61.6 Å². The van der Waals surface area contributed by atoms with Crippen LogP contribution in [-0.2, 0) is 16.9 Å². The molecule has 2 fully saturated rings. The zero-order valence-electron chi connectivity index (χ0n) is 17.2. The quantitative estimate of drug-likeness (QED) is 0.714. The highest BCUT2D eigenvalue weighted by molar-refractivity contribution is 6.31. The summed E-state index contributed by atoms with van der Waals surface area (Å²) in [5.41, 5.74) is 1.47. The zero-order chi connectivity index (χ0) is 20.3. The summed E-state index contributed by atoms with van der Waals surface area (Å²) >= 11 is 6.48. The molecule has 4 nitrogen and oxygen atoms in total. The van der Waals surface area contributed by atoms with Gasteiger partial charge in [0.1, 0.15) is 5.54 Å². The zero-order valence-corrected chi connectivity index (χ0v) is 17.9. The highest BCUT2D eigenvalue weighted by Crippen LogP contribution is 2.39. The van der Waals surface area contributed by atoms with Gasteiger partial charge in [0, 0.05) is 31.2 Å². The Bertz CT molecular complexity index is 837. The summed E-state index contributed by atoms with van der Waals surface area (Å²) in [4.78, 5) is 16.4. The highest BCUT2D eigenvalue weighted by Gasteiger charge is 2.50. The number of hydrogen-bond acceptors (Lipinski definition) is 3. The lowest BCUT2D eigenvalue weighted by atomic mass is 9.82. The van der Waals surface area contributed by atoms with Gasteiger partial charge in [-0.2, -0.15) is 0 Å². The molecule has 2 heterocycles. The molecule has 5 heteroatoms. The van der Waals surface area contributed by atoms with Gasteiger partial charge in [0.25, 0.3) is 5.91 Å². The van der Waals surface area contributed by atoms with Gasteiger partial charge in [0.2, 0.25) is 0 Å². The van der Waals surface area contributed by atoms with Crippen molar-refractivity contribution in [3.05, 3.63) is 70.7 Å². The molecule has 2 aliphatic rings. The van der Waals surface area contributed by atoms with E-state index in [9.17, 15) is 4.79 Å². The molecule has 1 amide bonds. The minimum Gasteiger partial charge on any atom is -0.280 e. The molecule has 29 heavy (non-hydrogen) atoms. The molecule has 0 aliphatic carbocycles. The summed E-state index contributed by atoms with van der Waals surface area (Å²) in [6, 6.07) is 18.2. The Labute approximate surface area is 179 Å².